The van der Waals surface area contributed by atoms with E-state index in [1.165, 1.54) is 37.4 Å². The summed E-state index contributed by atoms with van der Waals surface area (Å²) in [6.45, 7) is 4.64. The maximum absolute atomic E-state index is 12.4. The van der Waals surface area contributed by atoms with Crippen LogP contribution in [0.15, 0.2) is 35.6 Å². The number of aromatic nitrogens is 3. The van der Waals surface area contributed by atoms with Crippen molar-refractivity contribution in [2.75, 3.05) is 35.7 Å². The molecular formula is C20H23N5O2S2. The molecule has 3 heterocycles. The number of fused-ring (bicyclic) bond motifs is 1. The average Bonchev–Trinajstić information content (AvgIpc) is 3.19. The third-order valence-corrected chi connectivity index (χ3v) is 6.79. The lowest BCUT2D eigenvalue weighted by molar-refractivity contribution is -0.113. The first kappa shape index (κ1) is 19.9. The molecule has 0 atom stereocenters. The highest BCUT2D eigenvalue weighted by atomic mass is 32.2. The Morgan fingerprint density at radius 2 is 2.00 bits per heavy atom. The van der Waals surface area contributed by atoms with Crippen LogP contribution in [-0.4, -0.2) is 46.3 Å². The summed E-state index contributed by atoms with van der Waals surface area (Å²) in [4.78, 5) is 28.1. The van der Waals surface area contributed by atoms with Gasteiger partial charge in [-0.25, -0.2) is 9.97 Å². The summed E-state index contributed by atoms with van der Waals surface area (Å²) in [5.41, 5.74) is 1.46. The predicted molar refractivity (Wildman–Crippen MR) is 118 cm³/mol. The molecule has 1 saturated heterocycles. The van der Waals surface area contributed by atoms with Gasteiger partial charge in [0.15, 0.2) is 10.8 Å². The van der Waals surface area contributed by atoms with E-state index >= 15 is 0 Å². The van der Waals surface area contributed by atoms with E-state index in [0.717, 1.165) is 39.4 Å². The van der Waals surface area contributed by atoms with Crippen LogP contribution in [0.25, 0.3) is 10.3 Å². The zero-order valence-electron chi connectivity index (χ0n) is 16.3. The largest absolute Gasteiger partial charge is 0.494 e. The van der Waals surface area contributed by atoms with Gasteiger partial charge in [0.1, 0.15) is 21.8 Å². The molecule has 3 aromatic rings. The van der Waals surface area contributed by atoms with Gasteiger partial charge in [-0.05, 0) is 50.5 Å². The maximum Gasteiger partial charge on any atom is 0.234 e. The minimum atomic E-state index is -0.0771. The molecule has 0 aliphatic carbocycles. The molecule has 0 saturated carbocycles. The van der Waals surface area contributed by atoms with E-state index in [4.69, 9.17) is 4.74 Å². The summed E-state index contributed by atoms with van der Waals surface area (Å²) in [6, 6.07) is 7.37. The predicted octanol–water partition coefficient (Wildman–Crippen LogP) is 4.21. The highest BCUT2D eigenvalue weighted by Crippen LogP contribution is 2.34. The van der Waals surface area contributed by atoms with Crippen molar-refractivity contribution in [3.8, 4) is 5.75 Å². The minimum Gasteiger partial charge on any atom is -0.494 e. The van der Waals surface area contributed by atoms with Crippen LogP contribution in [0.3, 0.4) is 0 Å². The third-order valence-electron chi connectivity index (χ3n) is 4.56. The quantitative estimate of drug-likeness (QED) is 0.445. The molecule has 0 unspecified atom stereocenters. The summed E-state index contributed by atoms with van der Waals surface area (Å²) < 4.78 is 6.37. The van der Waals surface area contributed by atoms with Gasteiger partial charge < -0.3 is 15.0 Å². The lowest BCUT2D eigenvalue weighted by Crippen LogP contribution is -2.29. The first-order valence-corrected chi connectivity index (χ1v) is 11.5. The van der Waals surface area contributed by atoms with Crippen molar-refractivity contribution in [2.24, 2.45) is 0 Å². The van der Waals surface area contributed by atoms with Gasteiger partial charge in [0, 0.05) is 18.8 Å². The fourth-order valence-corrected chi connectivity index (χ4v) is 5.12. The van der Waals surface area contributed by atoms with Crippen LogP contribution >= 0.6 is 23.1 Å². The van der Waals surface area contributed by atoms with Gasteiger partial charge in [0.2, 0.25) is 5.91 Å². The molecule has 7 nitrogen and oxygen atoms in total. The molecule has 29 heavy (non-hydrogen) atoms. The zero-order valence-corrected chi connectivity index (χ0v) is 17.9. The molecule has 0 radical (unpaired) electrons. The van der Waals surface area contributed by atoms with Crippen LogP contribution in [-0.2, 0) is 4.79 Å². The number of thiazole rings is 1. The van der Waals surface area contributed by atoms with E-state index < -0.39 is 0 Å². The molecule has 0 bridgehead atoms. The van der Waals surface area contributed by atoms with Crippen LogP contribution in [0.4, 0.5) is 10.8 Å². The highest BCUT2D eigenvalue weighted by molar-refractivity contribution is 8.00. The Morgan fingerprint density at radius 3 is 2.76 bits per heavy atom. The Morgan fingerprint density at radius 1 is 1.21 bits per heavy atom. The standard InChI is InChI=1S/C20H23N5O2S2/c1-2-27-15-8-6-14(7-9-15)23-16(26)12-28-19-17-18(21-13-22-19)24-20(29-17)25-10-4-3-5-11-25/h6-9,13H,2-5,10-12H2,1H3,(H,23,26). The van der Waals surface area contributed by atoms with E-state index in [1.54, 1.807) is 11.3 Å². The van der Waals surface area contributed by atoms with Gasteiger partial charge in [-0.3, -0.25) is 4.79 Å². The van der Waals surface area contributed by atoms with E-state index in [2.05, 4.69) is 25.2 Å². The number of nitrogens with one attached hydrogen (secondary N) is 1. The second-order valence-electron chi connectivity index (χ2n) is 6.67. The van der Waals surface area contributed by atoms with Gasteiger partial charge in [-0.1, -0.05) is 23.1 Å². The number of benzene rings is 1. The summed E-state index contributed by atoms with van der Waals surface area (Å²) in [5, 5.41) is 4.71. The Kier molecular flexibility index (Phi) is 6.46. The first-order chi connectivity index (χ1) is 14.2. The molecular weight excluding hydrogens is 406 g/mol. The molecule has 0 spiro atoms. The first-order valence-electron chi connectivity index (χ1n) is 9.75. The van der Waals surface area contributed by atoms with Crippen LogP contribution in [0.1, 0.15) is 26.2 Å². The van der Waals surface area contributed by atoms with Crippen molar-refractivity contribution in [3.05, 3.63) is 30.6 Å². The van der Waals surface area contributed by atoms with E-state index in [-0.39, 0.29) is 11.7 Å². The molecule has 1 amide bonds. The average molecular weight is 430 g/mol. The number of thioether (sulfide) groups is 1. The molecule has 1 N–H and O–H groups in total. The molecule has 1 fully saturated rings. The van der Waals surface area contributed by atoms with E-state index in [9.17, 15) is 4.79 Å². The molecule has 1 aliphatic heterocycles. The topological polar surface area (TPSA) is 80.2 Å². The second-order valence-corrected chi connectivity index (χ2v) is 8.61. The van der Waals surface area contributed by atoms with Crippen molar-refractivity contribution in [2.45, 2.75) is 31.2 Å². The fraction of sp³-hybridized carbons (Fsp3) is 0.400. The van der Waals surface area contributed by atoms with Crippen LogP contribution in [0.2, 0.25) is 0 Å². The number of nitrogens with zero attached hydrogens (tertiary/aromatic N) is 4. The van der Waals surface area contributed by atoms with Gasteiger partial charge in [-0.2, -0.15) is 4.98 Å². The van der Waals surface area contributed by atoms with Crippen LogP contribution in [0, 0.1) is 0 Å². The van der Waals surface area contributed by atoms with E-state index in [1.807, 2.05) is 31.2 Å². The Bertz CT molecular complexity index is 971. The molecule has 1 aliphatic rings. The molecule has 1 aromatic carbocycles. The van der Waals surface area contributed by atoms with Crippen LogP contribution in [0.5, 0.6) is 5.75 Å². The number of hydrogen-bond donors (Lipinski definition) is 1. The Labute approximate surface area is 177 Å². The summed E-state index contributed by atoms with van der Waals surface area (Å²) in [6.07, 6.45) is 5.21. The highest BCUT2D eigenvalue weighted by Gasteiger charge is 2.18. The smallest absolute Gasteiger partial charge is 0.234 e. The fourth-order valence-electron chi connectivity index (χ4n) is 3.18. The van der Waals surface area contributed by atoms with Crippen molar-refractivity contribution < 1.29 is 9.53 Å². The summed E-state index contributed by atoms with van der Waals surface area (Å²) >= 11 is 3.03. The molecule has 152 valence electrons. The van der Waals surface area contributed by atoms with E-state index in [0.29, 0.717) is 12.3 Å². The van der Waals surface area contributed by atoms with Gasteiger partial charge in [-0.15, -0.1) is 0 Å². The number of carbonyl (C=O) groups is 1. The number of hydrogen-bond acceptors (Lipinski definition) is 8. The lowest BCUT2D eigenvalue weighted by Gasteiger charge is -2.25. The molecule has 4 rings (SSSR count). The number of ether oxygens (including phenoxy) is 1. The zero-order chi connectivity index (χ0) is 20.1. The third kappa shape index (κ3) is 4.97. The normalized spacial score (nSPS) is 14.2. The number of amides is 1. The SMILES string of the molecule is CCOc1ccc(NC(=O)CSc2ncnc3nc(N4CCCCC4)sc23)cc1. The van der Waals surface area contributed by atoms with Crippen LogP contribution < -0.4 is 15.0 Å². The van der Waals surface area contributed by atoms with Crippen molar-refractivity contribution in [1.29, 1.82) is 0 Å². The van der Waals surface area contributed by atoms with Crippen molar-refractivity contribution >= 4 is 50.2 Å². The maximum atomic E-state index is 12.4. The minimum absolute atomic E-state index is 0.0771. The summed E-state index contributed by atoms with van der Waals surface area (Å²) in [5.74, 6) is 0.987. The van der Waals surface area contributed by atoms with Gasteiger partial charge in [0.25, 0.3) is 0 Å². The number of rotatable bonds is 7. The monoisotopic (exact) mass is 429 g/mol. The Hall–Kier alpha value is -2.39. The van der Waals surface area contributed by atoms with Crippen molar-refractivity contribution in [3.63, 3.8) is 0 Å². The summed E-state index contributed by atoms with van der Waals surface area (Å²) in [7, 11) is 0. The number of carbonyl (C=O) groups excluding carboxylic acids is 1. The lowest BCUT2D eigenvalue weighted by atomic mass is 10.1. The molecule has 9 heteroatoms. The molecule has 2 aromatic heterocycles. The Balaban J connectivity index is 1.39. The second kappa shape index (κ2) is 9.41. The van der Waals surface area contributed by atoms with Crippen molar-refractivity contribution in [1.82, 2.24) is 15.0 Å². The van der Waals surface area contributed by atoms with Gasteiger partial charge in [0.05, 0.1) is 12.4 Å². The van der Waals surface area contributed by atoms with Gasteiger partial charge >= 0.3 is 0 Å². The number of piperidine rings is 1. The number of anilines is 2.